The van der Waals surface area contributed by atoms with Crippen molar-refractivity contribution in [1.29, 1.82) is 5.41 Å². The van der Waals surface area contributed by atoms with Crippen LogP contribution in [0.25, 0.3) is 0 Å². The van der Waals surface area contributed by atoms with Crippen molar-refractivity contribution >= 4 is 28.1 Å². The Morgan fingerprint density at radius 2 is 1.92 bits per heavy atom. The summed E-state index contributed by atoms with van der Waals surface area (Å²) in [6.45, 7) is 7.09. The molecule has 132 valence electrons. The molecule has 25 heavy (non-hydrogen) atoms. The average Bonchev–Trinajstić information content (AvgIpc) is 3.04. The second kappa shape index (κ2) is 7.86. The number of carbonyl (C=O) groups is 1. The molecular weight excluding hydrogens is 334 g/mol. The fourth-order valence-corrected chi connectivity index (χ4v) is 3.53. The molecule has 1 aliphatic heterocycles. The minimum absolute atomic E-state index is 0.0455. The van der Waals surface area contributed by atoms with E-state index in [1.807, 2.05) is 25.3 Å². The molecule has 0 atom stereocenters. The summed E-state index contributed by atoms with van der Waals surface area (Å²) in [7, 11) is 2.14. The van der Waals surface area contributed by atoms with E-state index >= 15 is 0 Å². The number of nitrogens with zero attached hydrogens (tertiary/aromatic N) is 3. The second-order valence-electron chi connectivity index (χ2n) is 6.41. The van der Waals surface area contributed by atoms with Crippen molar-refractivity contribution in [1.82, 2.24) is 14.8 Å². The van der Waals surface area contributed by atoms with Crippen molar-refractivity contribution in [2.24, 2.45) is 0 Å². The SMILES string of the molecule is Cc1ccc(C(=N)C(=O)Nc2ncc(CN3CCN(C)CC3)s2)cc1. The lowest BCUT2D eigenvalue weighted by Gasteiger charge is -2.31. The molecule has 7 heteroatoms. The molecule has 2 aromatic rings. The largest absolute Gasteiger partial charge is 0.304 e. The molecular formula is C18H23N5OS. The molecule has 0 radical (unpaired) electrons. The molecule has 0 spiro atoms. The quantitative estimate of drug-likeness (QED) is 0.805. The van der Waals surface area contributed by atoms with Gasteiger partial charge >= 0.3 is 0 Å². The fourth-order valence-electron chi connectivity index (χ4n) is 2.68. The van der Waals surface area contributed by atoms with E-state index in [2.05, 4.69) is 27.1 Å². The Hall–Kier alpha value is -2.09. The van der Waals surface area contributed by atoms with Crippen LogP contribution in [0.1, 0.15) is 16.0 Å². The number of benzene rings is 1. The van der Waals surface area contributed by atoms with Crippen LogP contribution in [0, 0.1) is 12.3 Å². The Balaban J connectivity index is 1.56. The van der Waals surface area contributed by atoms with Crippen LogP contribution in [0.15, 0.2) is 30.5 Å². The predicted octanol–water partition coefficient (Wildman–Crippen LogP) is 2.21. The van der Waals surface area contributed by atoms with Crippen LogP contribution in [0.2, 0.25) is 0 Å². The number of amides is 1. The van der Waals surface area contributed by atoms with Crippen molar-refractivity contribution in [2.75, 3.05) is 38.5 Å². The van der Waals surface area contributed by atoms with Gasteiger partial charge in [0.15, 0.2) is 5.13 Å². The van der Waals surface area contributed by atoms with E-state index in [0.29, 0.717) is 10.7 Å². The highest BCUT2D eigenvalue weighted by Gasteiger charge is 2.17. The van der Waals surface area contributed by atoms with Crippen molar-refractivity contribution < 1.29 is 4.79 Å². The number of thiazole rings is 1. The van der Waals surface area contributed by atoms with Crippen LogP contribution < -0.4 is 5.32 Å². The molecule has 1 saturated heterocycles. The van der Waals surface area contributed by atoms with Crippen molar-refractivity contribution in [3.8, 4) is 0 Å². The van der Waals surface area contributed by atoms with Gasteiger partial charge in [-0.15, -0.1) is 11.3 Å². The highest BCUT2D eigenvalue weighted by Crippen LogP contribution is 2.20. The van der Waals surface area contributed by atoms with Crippen LogP contribution in [0.4, 0.5) is 5.13 Å². The molecule has 6 nitrogen and oxygen atoms in total. The molecule has 0 unspecified atom stereocenters. The third-order valence-corrected chi connectivity index (χ3v) is 5.21. The number of likely N-dealkylation sites (N-methyl/N-ethyl adjacent to an activating group) is 1. The van der Waals surface area contributed by atoms with Crippen LogP contribution in [-0.2, 0) is 11.3 Å². The molecule has 0 aliphatic carbocycles. The molecule has 2 heterocycles. The minimum atomic E-state index is -0.427. The predicted molar refractivity (Wildman–Crippen MR) is 102 cm³/mol. The van der Waals surface area contributed by atoms with Crippen molar-refractivity contribution in [2.45, 2.75) is 13.5 Å². The lowest BCUT2D eigenvalue weighted by Crippen LogP contribution is -2.43. The maximum atomic E-state index is 12.2. The van der Waals surface area contributed by atoms with Crippen LogP contribution in [0.3, 0.4) is 0 Å². The summed E-state index contributed by atoms with van der Waals surface area (Å²) in [5.74, 6) is -0.427. The number of hydrogen-bond donors (Lipinski definition) is 2. The first-order valence-electron chi connectivity index (χ1n) is 8.34. The lowest BCUT2D eigenvalue weighted by atomic mass is 10.1. The van der Waals surface area contributed by atoms with E-state index < -0.39 is 5.91 Å². The standard InChI is InChI=1S/C18H23N5OS/c1-13-3-5-14(6-4-13)16(19)17(24)21-18-20-11-15(25-18)12-23-9-7-22(2)8-10-23/h3-6,11,19H,7-10,12H2,1-2H3,(H,20,21,24). The lowest BCUT2D eigenvalue weighted by molar-refractivity contribution is -0.110. The van der Waals surface area contributed by atoms with Gasteiger partial charge in [0.05, 0.1) is 0 Å². The van der Waals surface area contributed by atoms with Gasteiger partial charge in [0, 0.05) is 49.4 Å². The average molecular weight is 357 g/mol. The molecule has 1 aliphatic rings. The molecule has 1 aromatic carbocycles. The highest BCUT2D eigenvalue weighted by atomic mass is 32.1. The summed E-state index contributed by atoms with van der Waals surface area (Å²) < 4.78 is 0. The maximum Gasteiger partial charge on any atom is 0.275 e. The number of hydrogen-bond acceptors (Lipinski definition) is 6. The third-order valence-electron chi connectivity index (χ3n) is 4.32. The van der Waals surface area contributed by atoms with Crippen LogP contribution >= 0.6 is 11.3 Å². The zero-order valence-electron chi connectivity index (χ0n) is 14.6. The summed E-state index contributed by atoms with van der Waals surface area (Å²) in [5, 5.41) is 11.3. The summed E-state index contributed by atoms with van der Waals surface area (Å²) in [6, 6.07) is 7.37. The topological polar surface area (TPSA) is 72.3 Å². The molecule has 0 bridgehead atoms. The van der Waals surface area contributed by atoms with E-state index in [1.165, 1.54) is 11.3 Å². The fraction of sp³-hybridized carbons (Fsp3) is 0.389. The smallest absolute Gasteiger partial charge is 0.275 e. The van der Waals surface area contributed by atoms with Gasteiger partial charge in [0.25, 0.3) is 5.91 Å². The Kier molecular flexibility index (Phi) is 5.57. The molecule has 1 aromatic heterocycles. The highest BCUT2D eigenvalue weighted by molar-refractivity contribution is 7.15. The summed E-state index contributed by atoms with van der Waals surface area (Å²) in [6.07, 6.45) is 1.81. The molecule has 3 rings (SSSR count). The minimum Gasteiger partial charge on any atom is -0.304 e. The third kappa shape index (κ3) is 4.72. The van der Waals surface area contributed by atoms with Gasteiger partial charge in [-0.05, 0) is 14.0 Å². The Labute approximate surface area is 152 Å². The first-order chi connectivity index (χ1) is 12.0. The number of aromatic nitrogens is 1. The Morgan fingerprint density at radius 1 is 1.24 bits per heavy atom. The van der Waals surface area contributed by atoms with Crippen LogP contribution in [0.5, 0.6) is 0 Å². The normalized spacial score (nSPS) is 15.9. The number of carbonyl (C=O) groups excluding carboxylic acids is 1. The summed E-state index contributed by atoms with van der Waals surface area (Å²) in [5.41, 5.74) is 1.67. The molecule has 0 saturated carbocycles. The summed E-state index contributed by atoms with van der Waals surface area (Å²) in [4.78, 5) is 22.4. The van der Waals surface area contributed by atoms with E-state index in [1.54, 1.807) is 12.1 Å². The number of aryl methyl sites for hydroxylation is 1. The van der Waals surface area contributed by atoms with E-state index in [9.17, 15) is 4.79 Å². The van der Waals surface area contributed by atoms with Gasteiger partial charge < -0.3 is 4.90 Å². The van der Waals surface area contributed by atoms with E-state index in [-0.39, 0.29) is 5.71 Å². The van der Waals surface area contributed by atoms with Gasteiger partial charge in [-0.2, -0.15) is 0 Å². The molecule has 1 fully saturated rings. The van der Waals surface area contributed by atoms with Gasteiger partial charge in [0.2, 0.25) is 0 Å². The number of piperazine rings is 1. The van der Waals surface area contributed by atoms with Gasteiger partial charge in [-0.1, -0.05) is 29.8 Å². The number of rotatable bonds is 5. The van der Waals surface area contributed by atoms with Crippen LogP contribution in [-0.4, -0.2) is 59.6 Å². The number of nitrogens with one attached hydrogen (secondary N) is 2. The van der Waals surface area contributed by atoms with E-state index in [4.69, 9.17) is 5.41 Å². The number of anilines is 1. The molecule has 2 N–H and O–H groups in total. The second-order valence-corrected chi connectivity index (χ2v) is 7.52. The zero-order valence-corrected chi connectivity index (χ0v) is 15.4. The monoisotopic (exact) mass is 357 g/mol. The van der Waals surface area contributed by atoms with Gasteiger partial charge in [-0.25, -0.2) is 4.98 Å². The van der Waals surface area contributed by atoms with Crippen molar-refractivity contribution in [3.63, 3.8) is 0 Å². The van der Waals surface area contributed by atoms with Gasteiger partial charge in [0.1, 0.15) is 5.71 Å². The maximum absolute atomic E-state index is 12.2. The van der Waals surface area contributed by atoms with Gasteiger partial charge in [-0.3, -0.25) is 20.4 Å². The first kappa shape index (κ1) is 17.7. The van der Waals surface area contributed by atoms with E-state index in [0.717, 1.165) is 43.2 Å². The molecule has 1 amide bonds. The summed E-state index contributed by atoms with van der Waals surface area (Å²) >= 11 is 1.48. The Bertz CT molecular complexity index is 747. The first-order valence-corrected chi connectivity index (χ1v) is 9.15. The Morgan fingerprint density at radius 3 is 2.60 bits per heavy atom. The zero-order chi connectivity index (χ0) is 17.8. The van der Waals surface area contributed by atoms with Crippen molar-refractivity contribution in [3.05, 3.63) is 46.5 Å².